The Morgan fingerprint density at radius 3 is 2.81 bits per heavy atom. The summed E-state index contributed by atoms with van der Waals surface area (Å²) in [5.41, 5.74) is 6.01. The molecule has 21 heavy (non-hydrogen) atoms. The first-order valence-corrected chi connectivity index (χ1v) is 8.30. The molecule has 0 spiro atoms. The van der Waals surface area contributed by atoms with Gasteiger partial charge in [-0.2, -0.15) is 0 Å². The number of aliphatic imine (C=N–C) groups is 1. The predicted octanol–water partition coefficient (Wildman–Crippen LogP) is 1.74. The van der Waals surface area contributed by atoms with Crippen molar-refractivity contribution in [2.75, 3.05) is 0 Å². The fraction of sp³-hybridized carbons (Fsp3) is 0.800. The molecule has 6 heteroatoms. The fourth-order valence-electron chi connectivity index (χ4n) is 3.32. The van der Waals surface area contributed by atoms with Gasteiger partial charge in [0, 0.05) is 19.0 Å². The molecule has 0 bridgehead atoms. The van der Waals surface area contributed by atoms with Crippen molar-refractivity contribution >= 4 is 5.96 Å². The van der Waals surface area contributed by atoms with Crippen LogP contribution in [0.15, 0.2) is 4.99 Å². The summed E-state index contributed by atoms with van der Waals surface area (Å²) in [5.74, 6) is 2.60. The van der Waals surface area contributed by atoms with Gasteiger partial charge in [0.15, 0.2) is 11.8 Å². The minimum atomic E-state index is 0.498. The molecule has 0 atom stereocenters. The highest BCUT2D eigenvalue weighted by Crippen LogP contribution is 2.17. The van der Waals surface area contributed by atoms with Crippen molar-refractivity contribution in [1.29, 1.82) is 0 Å². The Morgan fingerprint density at radius 2 is 1.95 bits per heavy atom. The molecule has 2 heterocycles. The molecule has 1 saturated carbocycles. The molecule has 116 valence electrons. The van der Waals surface area contributed by atoms with Crippen LogP contribution >= 0.6 is 0 Å². The van der Waals surface area contributed by atoms with Crippen LogP contribution in [0.25, 0.3) is 0 Å². The molecular formula is C15H26N6. The highest BCUT2D eigenvalue weighted by Gasteiger charge is 2.15. The van der Waals surface area contributed by atoms with E-state index in [1.54, 1.807) is 0 Å². The maximum Gasteiger partial charge on any atom is 0.189 e. The van der Waals surface area contributed by atoms with Gasteiger partial charge in [-0.05, 0) is 25.7 Å². The first-order chi connectivity index (χ1) is 10.3. The molecule has 1 aromatic rings. The summed E-state index contributed by atoms with van der Waals surface area (Å²) in [6.45, 7) is 1.54. The summed E-state index contributed by atoms with van der Waals surface area (Å²) in [6.07, 6.45) is 11.1. The van der Waals surface area contributed by atoms with Gasteiger partial charge < -0.3 is 15.6 Å². The third-order valence-corrected chi connectivity index (χ3v) is 4.53. The van der Waals surface area contributed by atoms with Crippen LogP contribution in [0.5, 0.6) is 0 Å². The Labute approximate surface area is 126 Å². The Balaban J connectivity index is 1.58. The Morgan fingerprint density at radius 1 is 1.14 bits per heavy atom. The molecule has 1 aliphatic heterocycles. The van der Waals surface area contributed by atoms with E-state index in [1.807, 2.05) is 0 Å². The summed E-state index contributed by atoms with van der Waals surface area (Å²) < 4.78 is 2.23. The Kier molecular flexibility index (Phi) is 4.72. The highest BCUT2D eigenvalue weighted by atomic mass is 15.3. The van der Waals surface area contributed by atoms with Crippen molar-refractivity contribution in [1.82, 2.24) is 20.1 Å². The predicted molar refractivity (Wildman–Crippen MR) is 82.9 cm³/mol. The van der Waals surface area contributed by atoms with Crippen LogP contribution in [0.1, 0.15) is 63.0 Å². The topological polar surface area (TPSA) is 81.1 Å². The van der Waals surface area contributed by atoms with Gasteiger partial charge in [-0.3, -0.25) is 0 Å². The molecule has 1 aliphatic carbocycles. The number of fused-ring (bicyclic) bond motifs is 1. The Hall–Kier alpha value is -1.59. The Bertz CT molecular complexity index is 486. The van der Waals surface area contributed by atoms with Crippen LogP contribution in [0.2, 0.25) is 0 Å². The average molecular weight is 290 g/mol. The van der Waals surface area contributed by atoms with E-state index < -0.39 is 0 Å². The third kappa shape index (κ3) is 3.74. The molecule has 3 rings (SSSR count). The van der Waals surface area contributed by atoms with Crippen molar-refractivity contribution in [3.05, 3.63) is 11.6 Å². The maximum absolute atomic E-state index is 6.01. The second-order valence-corrected chi connectivity index (χ2v) is 6.18. The van der Waals surface area contributed by atoms with E-state index in [1.165, 1.54) is 51.4 Å². The van der Waals surface area contributed by atoms with Crippen LogP contribution in [-0.4, -0.2) is 26.8 Å². The molecule has 6 nitrogen and oxygen atoms in total. The van der Waals surface area contributed by atoms with Gasteiger partial charge in [-0.25, -0.2) is 4.99 Å². The van der Waals surface area contributed by atoms with Gasteiger partial charge >= 0.3 is 0 Å². The lowest BCUT2D eigenvalue weighted by atomic mass is 9.96. The van der Waals surface area contributed by atoms with E-state index in [9.17, 15) is 0 Å². The lowest BCUT2D eigenvalue weighted by molar-refractivity contribution is 0.412. The smallest absolute Gasteiger partial charge is 0.189 e. The van der Waals surface area contributed by atoms with E-state index in [0.29, 0.717) is 18.5 Å². The largest absolute Gasteiger partial charge is 0.370 e. The zero-order chi connectivity index (χ0) is 14.5. The number of guanidine groups is 1. The summed E-state index contributed by atoms with van der Waals surface area (Å²) in [6, 6.07) is 0.498. The van der Waals surface area contributed by atoms with Crippen molar-refractivity contribution in [3.63, 3.8) is 0 Å². The van der Waals surface area contributed by atoms with E-state index >= 15 is 0 Å². The molecule has 0 radical (unpaired) electrons. The second-order valence-electron chi connectivity index (χ2n) is 6.18. The SMILES string of the molecule is NC(=NCc1nnc2n1CCCCC2)NC1CCCCC1. The number of nitrogens with two attached hydrogens (primary N) is 1. The van der Waals surface area contributed by atoms with Gasteiger partial charge in [0.25, 0.3) is 0 Å². The molecule has 3 N–H and O–H groups in total. The van der Waals surface area contributed by atoms with Crippen molar-refractivity contribution in [2.45, 2.75) is 76.9 Å². The third-order valence-electron chi connectivity index (χ3n) is 4.53. The summed E-state index contributed by atoms with van der Waals surface area (Å²) in [7, 11) is 0. The van der Waals surface area contributed by atoms with Crippen molar-refractivity contribution in [3.8, 4) is 0 Å². The average Bonchev–Trinajstić information content (AvgIpc) is 2.73. The number of aromatic nitrogens is 3. The molecule has 0 saturated heterocycles. The summed E-state index contributed by atoms with van der Waals surface area (Å²) in [4.78, 5) is 4.46. The van der Waals surface area contributed by atoms with Crippen molar-refractivity contribution < 1.29 is 0 Å². The molecule has 1 fully saturated rings. The van der Waals surface area contributed by atoms with Crippen LogP contribution in [0.4, 0.5) is 0 Å². The maximum atomic E-state index is 6.01. The molecule has 0 unspecified atom stereocenters. The molecular weight excluding hydrogens is 264 g/mol. The number of hydrogen-bond donors (Lipinski definition) is 2. The van der Waals surface area contributed by atoms with Gasteiger partial charge in [-0.15, -0.1) is 10.2 Å². The quantitative estimate of drug-likeness (QED) is 0.656. The lowest BCUT2D eigenvalue weighted by Crippen LogP contribution is -2.41. The highest BCUT2D eigenvalue weighted by molar-refractivity contribution is 5.78. The number of rotatable bonds is 3. The normalized spacial score (nSPS) is 20.9. The van der Waals surface area contributed by atoms with Gasteiger partial charge in [0.1, 0.15) is 12.4 Å². The van der Waals surface area contributed by atoms with Gasteiger partial charge in [0.05, 0.1) is 0 Å². The van der Waals surface area contributed by atoms with Crippen LogP contribution < -0.4 is 11.1 Å². The number of hydrogen-bond acceptors (Lipinski definition) is 3. The minimum absolute atomic E-state index is 0.498. The first-order valence-electron chi connectivity index (χ1n) is 8.30. The monoisotopic (exact) mass is 290 g/mol. The van der Waals surface area contributed by atoms with E-state index in [0.717, 1.165) is 24.6 Å². The van der Waals surface area contributed by atoms with Gasteiger partial charge in [-0.1, -0.05) is 25.7 Å². The molecule has 2 aliphatic rings. The van der Waals surface area contributed by atoms with E-state index in [-0.39, 0.29) is 0 Å². The first kappa shape index (κ1) is 14.4. The number of nitrogens with one attached hydrogen (secondary N) is 1. The van der Waals surface area contributed by atoms with Crippen LogP contribution in [0, 0.1) is 0 Å². The zero-order valence-corrected chi connectivity index (χ0v) is 12.7. The van der Waals surface area contributed by atoms with Gasteiger partial charge in [0.2, 0.25) is 0 Å². The standard InChI is InChI=1S/C15H26N6/c16-15(18-12-7-3-1-4-8-12)17-11-14-20-19-13-9-5-2-6-10-21(13)14/h12H,1-11H2,(H3,16,17,18). The molecule has 0 amide bonds. The van der Waals surface area contributed by atoms with E-state index in [2.05, 4.69) is 25.1 Å². The fourth-order valence-corrected chi connectivity index (χ4v) is 3.32. The second kappa shape index (κ2) is 6.91. The number of nitrogens with zero attached hydrogens (tertiary/aromatic N) is 4. The number of aryl methyl sites for hydroxylation is 1. The summed E-state index contributed by atoms with van der Waals surface area (Å²) >= 11 is 0. The molecule has 0 aromatic carbocycles. The summed E-state index contributed by atoms with van der Waals surface area (Å²) in [5, 5.41) is 11.9. The van der Waals surface area contributed by atoms with Crippen LogP contribution in [-0.2, 0) is 19.5 Å². The lowest BCUT2D eigenvalue weighted by Gasteiger charge is -2.23. The van der Waals surface area contributed by atoms with Crippen LogP contribution in [0.3, 0.4) is 0 Å². The zero-order valence-electron chi connectivity index (χ0n) is 12.7. The van der Waals surface area contributed by atoms with E-state index in [4.69, 9.17) is 5.73 Å². The van der Waals surface area contributed by atoms with Crippen molar-refractivity contribution in [2.24, 2.45) is 10.7 Å². The molecule has 1 aromatic heterocycles. The minimum Gasteiger partial charge on any atom is -0.370 e.